The monoisotopic (exact) mass is 674 g/mol. The van der Waals surface area contributed by atoms with Crippen molar-refractivity contribution in [3.63, 3.8) is 0 Å². The molecule has 1 amide bonds. The van der Waals surface area contributed by atoms with Gasteiger partial charge in [0.2, 0.25) is 15.7 Å². The van der Waals surface area contributed by atoms with E-state index in [-0.39, 0.29) is 33.3 Å². The highest BCUT2D eigenvalue weighted by Gasteiger charge is 2.42. The van der Waals surface area contributed by atoms with E-state index in [0.717, 1.165) is 6.07 Å². The van der Waals surface area contributed by atoms with E-state index in [2.05, 4.69) is 10.1 Å². The largest absolute Gasteiger partial charge is 0.415 e. The Balaban J connectivity index is 1.79. The van der Waals surface area contributed by atoms with E-state index >= 15 is 0 Å². The van der Waals surface area contributed by atoms with Gasteiger partial charge in [0.05, 0.1) is 22.0 Å². The molecule has 0 aliphatic heterocycles. The minimum atomic E-state index is -4.99. The lowest BCUT2D eigenvalue weighted by Crippen LogP contribution is -2.38. The number of halogens is 4. The van der Waals surface area contributed by atoms with E-state index in [4.69, 9.17) is 10.5 Å². The van der Waals surface area contributed by atoms with Crippen LogP contribution in [0.15, 0.2) is 120 Å². The van der Waals surface area contributed by atoms with Crippen molar-refractivity contribution in [2.45, 2.75) is 29.7 Å². The van der Waals surface area contributed by atoms with Gasteiger partial charge in [-0.3, -0.25) is 4.79 Å². The van der Waals surface area contributed by atoms with Crippen LogP contribution < -0.4 is 10.5 Å². The summed E-state index contributed by atoms with van der Waals surface area (Å²) in [6, 6.07) is 31.0. The molecular formula is C35H26F4N4O4S. The minimum absolute atomic E-state index is 0.0796. The molecule has 0 radical (unpaired) electrons. The molecule has 0 aliphatic rings. The molecule has 4 aromatic carbocycles. The zero-order chi connectivity index (χ0) is 34.2. The average Bonchev–Trinajstić information content (AvgIpc) is 3.43. The van der Waals surface area contributed by atoms with Crippen molar-refractivity contribution in [1.29, 1.82) is 0 Å². The molecule has 48 heavy (non-hydrogen) atoms. The van der Waals surface area contributed by atoms with Crippen LogP contribution in [0.1, 0.15) is 32.7 Å². The van der Waals surface area contributed by atoms with Crippen LogP contribution in [0.2, 0.25) is 0 Å². The summed E-state index contributed by atoms with van der Waals surface area (Å²) >= 11 is 0. The van der Waals surface area contributed by atoms with Crippen molar-refractivity contribution in [1.82, 2.24) is 14.8 Å². The van der Waals surface area contributed by atoms with E-state index in [0.29, 0.717) is 16.7 Å². The quantitative estimate of drug-likeness (QED) is 0.124. The molecular weight excluding hydrogens is 648 g/mol. The third-order valence-electron chi connectivity index (χ3n) is 8.02. The van der Waals surface area contributed by atoms with Crippen molar-refractivity contribution in [3.8, 4) is 17.0 Å². The number of alkyl halides is 4. The fourth-order valence-electron chi connectivity index (χ4n) is 6.09. The average molecular weight is 675 g/mol. The van der Waals surface area contributed by atoms with Crippen LogP contribution in [-0.4, -0.2) is 41.5 Å². The third kappa shape index (κ3) is 5.35. The van der Waals surface area contributed by atoms with E-state index in [9.17, 15) is 30.8 Å². The smallest absolute Gasteiger partial charge is 0.388 e. The molecule has 0 aliphatic carbocycles. The van der Waals surface area contributed by atoms with Crippen molar-refractivity contribution in [3.05, 3.63) is 143 Å². The number of hydrogen-bond donors (Lipinski definition) is 1. The number of nitrogens with zero attached hydrogens (tertiary/aromatic N) is 3. The van der Waals surface area contributed by atoms with Crippen LogP contribution in [-0.2, 0) is 15.4 Å². The Morgan fingerprint density at radius 1 is 0.833 bits per heavy atom. The van der Waals surface area contributed by atoms with Gasteiger partial charge in [-0.1, -0.05) is 103 Å². The van der Waals surface area contributed by atoms with Crippen LogP contribution in [0, 0.1) is 6.92 Å². The van der Waals surface area contributed by atoms with E-state index in [1.165, 1.54) is 29.9 Å². The number of pyridine rings is 1. The fraction of sp³-hybridized carbons (Fsp3) is 0.114. The Bertz CT molecular complexity index is 2140. The summed E-state index contributed by atoms with van der Waals surface area (Å²) in [5, 5.41) is 4.56. The van der Waals surface area contributed by atoms with Crippen molar-refractivity contribution in [2.24, 2.45) is 5.73 Å². The second kappa shape index (κ2) is 12.6. The fourth-order valence-corrected chi connectivity index (χ4v) is 7.05. The Morgan fingerprint density at radius 2 is 1.35 bits per heavy atom. The Labute approximate surface area is 272 Å². The normalized spacial score (nSPS) is 12.1. The second-order valence-corrected chi connectivity index (χ2v) is 12.7. The van der Waals surface area contributed by atoms with Crippen LogP contribution in [0.3, 0.4) is 0 Å². The van der Waals surface area contributed by atoms with Gasteiger partial charge in [-0.25, -0.2) is 18.1 Å². The third-order valence-corrected chi connectivity index (χ3v) is 9.56. The minimum Gasteiger partial charge on any atom is -0.415 e. The number of aromatic nitrogens is 3. The summed E-state index contributed by atoms with van der Waals surface area (Å²) in [7, 11) is -4.99. The van der Waals surface area contributed by atoms with E-state index < -0.39 is 44.4 Å². The zero-order valence-corrected chi connectivity index (χ0v) is 25.9. The van der Waals surface area contributed by atoms with Gasteiger partial charge in [-0.2, -0.15) is 17.6 Å². The number of fused-ring (bicyclic) bond motifs is 1. The maximum absolute atomic E-state index is 14.1. The first-order valence-electron chi connectivity index (χ1n) is 14.4. The predicted octanol–water partition coefficient (Wildman–Crippen LogP) is 6.94. The predicted molar refractivity (Wildman–Crippen MR) is 171 cm³/mol. The molecule has 0 saturated heterocycles. The lowest BCUT2D eigenvalue weighted by atomic mass is 9.77. The molecule has 0 bridgehead atoms. The summed E-state index contributed by atoms with van der Waals surface area (Å²) in [5.74, 6) is -5.29. The summed E-state index contributed by atoms with van der Waals surface area (Å²) in [6.45, 7) is -2.06. The molecule has 244 valence electrons. The van der Waals surface area contributed by atoms with E-state index in [1.54, 1.807) is 0 Å². The van der Waals surface area contributed by atoms with Gasteiger partial charge in [-0.15, -0.1) is 5.10 Å². The van der Waals surface area contributed by atoms with Crippen LogP contribution in [0.4, 0.5) is 17.6 Å². The maximum atomic E-state index is 14.1. The number of ether oxygens (including phenoxy) is 1. The zero-order valence-electron chi connectivity index (χ0n) is 25.1. The van der Waals surface area contributed by atoms with Gasteiger partial charge in [0.1, 0.15) is 11.2 Å². The highest BCUT2D eigenvalue weighted by atomic mass is 32.2. The molecule has 0 fully saturated rings. The Hall–Kier alpha value is -5.56. The molecule has 2 N–H and O–H groups in total. The summed E-state index contributed by atoms with van der Waals surface area (Å²) in [4.78, 5) is 16.5. The number of nitrogens with two attached hydrogens (primary N) is 1. The van der Waals surface area contributed by atoms with Gasteiger partial charge < -0.3 is 10.5 Å². The standard InChI is InChI=1S/C35H26F4N4O4S/c1-21-19-22(17-18-27(21)48(45,46)34(38)39)28-29-26(20-41-30(28)31(40)44)43(42-32(29)47-33(36)37)35(23-11-5-2-6-12-23,24-13-7-3-8-14-24)25-15-9-4-10-16-25/h2-20,33-34H,1H3,(H2,40,44). The van der Waals surface area contributed by atoms with Gasteiger partial charge in [-0.05, 0) is 40.8 Å². The highest BCUT2D eigenvalue weighted by Crippen LogP contribution is 2.46. The van der Waals surface area contributed by atoms with Crippen molar-refractivity contribution < 1.29 is 35.5 Å². The second-order valence-electron chi connectivity index (χ2n) is 10.8. The number of carbonyl (C=O) groups is 1. The summed E-state index contributed by atoms with van der Waals surface area (Å²) in [6.07, 6.45) is 1.27. The molecule has 13 heteroatoms. The molecule has 6 aromatic rings. The van der Waals surface area contributed by atoms with Crippen LogP contribution in [0.25, 0.3) is 22.0 Å². The number of aryl methyl sites for hydroxylation is 1. The number of carbonyl (C=O) groups excluding carboxylic acids is 1. The molecule has 2 aromatic heterocycles. The van der Waals surface area contributed by atoms with Gasteiger partial charge >= 0.3 is 12.4 Å². The summed E-state index contributed by atoms with van der Waals surface area (Å²) in [5.41, 5.74) is 6.13. The lowest BCUT2D eigenvalue weighted by molar-refractivity contribution is -0.0523. The number of primary amides is 1. The molecule has 0 spiro atoms. The van der Waals surface area contributed by atoms with Gasteiger partial charge in [0.15, 0.2) is 0 Å². The topological polar surface area (TPSA) is 117 Å². The van der Waals surface area contributed by atoms with Crippen LogP contribution in [0.5, 0.6) is 5.88 Å². The summed E-state index contributed by atoms with van der Waals surface area (Å²) < 4.78 is 86.3. The lowest BCUT2D eigenvalue weighted by Gasteiger charge is -2.36. The molecule has 0 saturated carbocycles. The highest BCUT2D eigenvalue weighted by molar-refractivity contribution is 7.91. The number of hydrogen-bond acceptors (Lipinski definition) is 6. The molecule has 8 nitrogen and oxygen atoms in total. The number of benzene rings is 4. The molecule has 0 unspecified atom stereocenters. The number of sulfone groups is 1. The SMILES string of the molecule is Cc1cc(-c2c(C(N)=O)ncc3c2c(OC(F)F)nn3C(c2ccccc2)(c2ccccc2)c2ccccc2)ccc1S(=O)(=O)C(F)F. The molecule has 6 rings (SSSR count). The van der Waals surface area contributed by atoms with Gasteiger partial charge in [0, 0.05) is 5.56 Å². The van der Waals surface area contributed by atoms with Crippen molar-refractivity contribution >= 4 is 26.6 Å². The Kier molecular flexibility index (Phi) is 8.48. The number of rotatable bonds is 10. The number of amides is 1. The van der Waals surface area contributed by atoms with Crippen LogP contribution >= 0.6 is 0 Å². The molecule has 0 atom stereocenters. The van der Waals surface area contributed by atoms with Crippen molar-refractivity contribution in [2.75, 3.05) is 0 Å². The first kappa shape index (κ1) is 32.4. The first-order chi connectivity index (χ1) is 23.0. The molecule has 2 heterocycles. The maximum Gasteiger partial charge on any atom is 0.388 e. The Morgan fingerprint density at radius 3 is 1.79 bits per heavy atom. The first-order valence-corrected chi connectivity index (χ1v) is 16.0. The van der Waals surface area contributed by atoms with Gasteiger partial charge in [0.25, 0.3) is 5.91 Å². The van der Waals surface area contributed by atoms with E-state index in [1.807, 2.05) is 91.0 Å².